The van der Waals surface area contributed by atoms with Crippen molar-refractivity contribution in [1.29, 1.82) is 5.26 Å². The molecule has 8 heteroatoms. The Morgan fingerprint density at radius 2 is 1.95 bits per heavy atom. The van der Waals surface area contributed by atoms with Crippen LogP contribution in [0.2, 0.25) is 5.02 Å². The molecule has 1 heterocycles. The van der Waals surface area contributed by atoms with E-state index in [9.17, 15) is 8.42 Å². The molecule has 2 aromatic carbocycles. The summed E-state index contributed by atoms with van der Waals surface area (Å²) in [4.78, 5) is 0.0362. The third kappa shape index (κ3) is 2.39. The Morgan fingerprint density at radius 3 is 2.68 bits per heavy atom. The number of aromatic amines is 1. The molecule has 22 heavy (non-hydrogen) atoms. The van der Waals surface area contributed by atoms with Crippen LogP contribution in [-0.4, -0.2) is 18.6 Å². The van der Waals surface area contributed by atoms with E-state index in [1.807, 2.05) is 6.07 Å². The van der Waals surface area contributed by atoms with E-state index >= 15 is 0 Å². The summed E-state index contributed by atoms with van der Waals surface area (Å²) in [5.74, 6) is 0.0200. The van der Waals surface area contributed by atoms with Crippen molar-refractivity contribution in [3.63, 3.8) is 0 Å². The maximum absolute atomic E-state index is 12.6. The number of nitriles is 1. The summed E-state index contributed by atoms with van der Waals surface area (Å²) in [7, 11) is -3.92. The van der Waals surface area contributed by atoms with Crippen LogP contribution in [-0.2, 0) is 10.0 Å². The van der Waals surface area contributed by atoms with E-state index < -0.39 is 10.0 Å². The third-order valence-electron chi connectivity index (χ3n) is 3.10. The molecule has 3 rings (SSSR count). The first-order valence-corrected chi connectivity index (χ1v) is 8.02. The quantitative estimate of drug-likeness (QED) is 0.770. The second kappa shape index (κ2) is 5.33. The number of anilines is 1. The van der Waals surface area contributed by atoms with Gasteiger partial charge in [-0.1, -0.05) is 35.9 Å². The van der Waals surface area contributed by atoms with Crippen LogP contribution in [0.4, 0.5) is 5.82 Å². The topological polar surface area (TPSA) is 98.6 Å². The number of benzene rings is 2. The molecule has 0 saturated heterocycles. The number of fused-ring (bicyclic) bond motifs is 1. The first kappa shape index (κ1) is 14.4. The minimum absolute atomic E-state index is 0.0200. The maximum Gasteiger partial charge on any atom is 0.263 e. The first-order chi connectivity index (χ1) is 10.5. The Hall–Kier alpha value is -2.56. The minimum atomic E-state index is -3.92. The van der Waals surface area contributed by atoms with Crippen molar-refractivity contribution in [3.8, 4) is 6.07 Å². The number of sulfonamides is 1. The number of hydrogen-bond acceptors (Lipinski definition) is 4. The molecular weight excluding hydrogens is 324 g/mol. The monoisotopic (exact) mass is 332 g/mol. The van der Waals surface area contributed by atoms with E-state index in [0.29, 0.717) is 15.8 Å². The average molecular weight is 333 g/mol. The van der Waals surface area contributed by atoms with Crippen molar-refractivity contribution in [2.75, 3.05) is 4.72 Å². The summed E-state index contributed by atoms with van der Waals surface area (Å²) in [5.41, 5.74) is 0.106. The van der Waals surface area contributed by atoms with Gasteiger partial charge in [-0.05, 0) is 17.5 Å². The molecule has 0 aliphatic rings. The standard InChI is InChI=1S/C14H9ClN4O2S/c15-11-5-1-3-9-4-2-6-12(13(9)11)22(20,21)19-14-10(7-16)8-17-18-14/h1-6,8H,(H2,17,18,19). The molecule has 0 saturated carbocycles. The Kier molecular flexibility index (Phi) is 3.48. The van der Waals surface area contributed by atoms with E-state index in [-0.39, 0.29) is 16.3 Å². The van der Waals surface area contributed by atoms with Gasteiger partial charge in [0.2, 0.25) is 0 Å². The van der Waals surface area contributed by atoms with Crippen LogP contribution < -0.4 is 4.72 Å². The molecule has 6 nitrogen and oxygen atoms in total. The van der Waals surface area contributed by atoms with Crippen molar-refractivity contribution >= 4 is 38.2 Å². The molecule has 0 spiro atoms. The van der Waals surface area contributed by atoms with Gasteiger partial charge in [-0.3, -0.25) is 9.82 Å². The lowest BCUT2D eigenvalue weighted by atomic mass is 10.1. The molecule has 0 atom stereocenters. The summed E-state index contributed by atoms with van der Waals surface area (Å²) < 4.78 is 27.5. The van der Waals surface area contributed by atoms with Crippen molar-refractivity contribution in [2.24, 2.45) is 0 Å². The summed E-state index contributed by atoms with van der Waals surface area (Å²) in [6, 6.07) is 11.9. The summed E-state index contributed by atoms with van der Waals surface area (Å²) in [6.07, 6.45) is 1.24. The zero-order chi connectivity index (χ0) is 15.7. The van der Waals surface area contributed by atoms with E-state index in [0.717, 1.165) is 0 Å². The smallest absolute Gasteiger partial charge is 0.263 e. The van der Waals surface area contributed by atoms with Gasteiger partial charge in [0.1, 0.15) is 11.6 Å². The molecule has 0 unspecified atom stereocenters. The number of hydrogen-bond donors (Lipinski definition) is 2. The van der Waals surface area contributed by atoms with Gasteiger partial charge >= 0.3 is 0 Å². The molecule has 1 aromatic heterocycles. The number of aromatic nitrogens is 2. The lowest BCUT2D eigenvalue weighted by molar-refractivity contribution is 0.602. The molecule has 0 radical (unpaired) electrons. The lowest BCUT2D eigenvalue weighted by Gasteiger charge is -2.10. The summed E-state index contributed by atoms with van der Waals surface area (Å²) >= 11 is 6.14. The van der Waals surface area contributed by atoms with Crippen molar-refractivity contribution in [1.82, 2.24) is 10.2 Å². The SMILES string of the molecule is N#Cc1cn[nH]c1NS(=O)(=O)c1cccc2cccc(Cl)c12. The van der Waals surface area contributed by atoms with Gasteiger partial charge < -0.3 is 0 Å². The molecular formula is C14H9ClN4O2S. The van der Waals surface area contributed by atoms with Crippen LogP contribution in [0.15, 0.2) is 47.5 Å². The fraction of sp³-hybridized carbons (Fsp3) is 0. The number of rotatable bonds is 3. The van der Waals surface area contributed by atoms with E-state index in [1.165, 1.54) is 12.3 Å². The predicted molar refractivity (Wildman–Crippen MR) is 83.1 cm³/mol. The van der Waals surface area contributed by atoms with E-state index in [4.69, 9.17) is 16.9 Å². The largest absolute Gasteiger partial charge is 0.263 e. The molecule has 2 N–H and O–H groups in total. The third-order valence-corrected chi connectivity index (χ3v) is 4.81. The highest BCUT2D eigenvalue weighted by molar-refractivity contribution is 7.93. The Balaban J connectivity index is 2.17. The van der Waals surface area contributed by atoms with Gasteiger partial charge in [0, 0.05) is 10.4 Å². The van der Waals surface area contributed by atoms with Crippen LogP contribution in [0.5, 0.6) is 0 Å². The van der Waals surface area contributed by atoms with Crippen LogP contribution in [0.3, 0.4) is 0 Å². The highest BCUT2D eigenvalue weighted by atomic mass is 35.5. The second-order valence-corrected chi connectivity index (χ2v) is 6.53. The Morgan fingerprint density at radius 1 is 1.23 bits per heavy atom. The Bertz CT molecular complexity index is 1000. The average Bonchev–Trinajstić information content (AvgIpc) is 2.93. The second-order valence-electron chi connectivity index (χ2n) is 4.47. The van der Waals surface area contributed by atoms with Gasteiger partial charge in [0.25, 0.3) is 10.0 Å². The number of nitrogens with zero attached hydrogens (tertiary/aromatic N) is 2. The van der Waals surface area contributed by atoms with Crippen molar-refractivity contribution < 1.29 is 8.42 Å². The van der Waals surface area contributed by atoms with Gasteiger partial charge in [-0.15, -0.1) is 0 Å². The molecule has 110 valence electrons. The molecule has 0 aliphatic carbocycles. The predicted octanol–water partition coefficient (Wildman–Crippen LogP) is 2.89. The Labute approximate surface area is 131 Å². The van der Waals surface area contributed by atoms with Gasteiger partial charge in [0.15, 0.2) is 5.82 Å². The molecule has 0 fully saturated rings. The molecule has 0 aliphatic heterocycles. The lowest BCUT2D eigenvalue weighted by Crippen LogP contribution is -2.14. The molecule has 3 aromatic rings. The van der Waals surface area contributed by atoms with E-state index in [2.05, 4.69) is 14.9 Å². The zero-order valence-corrected chi connectivity index (χ0v) is 12.6. The zero-order valence-electron chi connectivity index (χ0n) is 11.0. The fourth-order valence-corrected chi connectivity index (χ4v) is 3.75. The number of H-pyrrole nitrogens is 1. The normalized spacial score (nSPS) is 11.3. The van der Waals surface area contributed by atoms with Crippen LogP contribution >= 0.6 is 11.6 Å². The van der Waals surface area contributed by atoms with Crippen LogP contribution in [0.1, 0.15) is 5.56 Å². The minimum Gasteiger partial charge on any atom is -0.263 e. The van der Waals surface area contributed by atoms with Gasteiger partial charge in [-0.25, -0.2) is 8.42 Å². The van der Waals surface area contributed by atoms with E-state index in [1.54, 1.807) is 30.3 Å². The number of halogens is 1. The summed E-state index contributed by atoms with van der Waals surface area (Å²) in [5, 5.41) is 16.5. The fourth-order valence-electron chi connectivity index (χ4n) is 2.12. The summed E-state index contributed by atoms with van der Waals surface area (Å²) in [6.45, 7) is 0. The van der Waals surface area contributed by atoms with Crippen molar-refractivity contribution in [3.05, 3.63) is 53.2 Å². The highest BCUT2D eigenvalue weighted by Crippen LogP contribution is 2.30. The first-order valence-electron chi connectivity index (χ1n) is 6.16. The molecule has 0 amide bonds. The van der Waals surface area contributed by atoms with Gasteiger partial charge in [-0.2, -0.15) is 10.4 Å². The van der Waals surface area contributed by atoms with Crippen molar-refractivity contribution in [2.45, 2.75) is 4.90 Å². The highest BCUT2D eigenvalue weighted by Gasteiger charge is 2.21. The molecule has 0 bridgehead atoms. The van der Waals surface area contributed by atoms with Crippen LogP contribution in [0.25, 0.3) is 10.8 Å². The van der Waals surface area contributed by atoms with Gasteiger partial charge in [0.05, 0.1) is 11.1 Å². The van der Waals surface area contributed by atoms with Crippen LogP contribution in [0, 0.1) is 11.3 Å². The number of nitrogens with one attached hydrogen (secondary N) is 2. The maximum atomic E-state index is 12.6.